The molecule has 1 aliphatic rings. The summed E-state index contributed by atoms with van der Waals surface area (Å²) in [5, 5.41) is 0. The molecule has 0 aromatic rings. The first-order valence-corrected chi connectivity index (χ1v) is 3.81. The van der Waals surface area contributed by atoms with Gasteiger partial charge in [-0.1, -0.05) is 25.2 Å². The normalized spacial score (nSPS) is 21.6. The first-order chi connectivity index (χ1) is 5.25. The van der Waals surface area contributed by atoms with E-state index in [1.807, 2.05) is 32.1 Å². The minimum atomic E-state index is -0.190. The van der Waals surface area contributed by atoms with Gasteiger partial charge in [0.25, 0.3) is 0 Å². The topological polar surface area (TPSA) is 26.3 Å². The average Bonchev–Trinajstić information content (AvgIpc) is 2.36. The smallest absolute Gasteiger partial charge is 0.334 e. The fraction of sp³-hybridized carbons (Fsp3) is 0.444. The van der Waals surface area contributed by atoms with E-state index in [1.54, 1.807) is 0 Å². The Hall–Kier alpha value is -1.05. The maximum Gasteiger partial charge on any atom is 0.334 e. The number of hydrogen-bond acceptors (Lipinski definition) is 2. The minimum Gasteiger partial charge on any atom is -0.463 e. The zero-order chi connectivity index (χ0) is 8.27. The highest BCUT2D eigenvalue weighted by Gasteiger charge is 2.17. The van der Waals surface area contributed by atoms with Crippen LogP contribution in [-0.2, 0) is 9.53 Å². The van der Waals surface area contributed by atoms with Crippen LogP contribution in [0.15, 0.2) is 23.8 Å². The lowest BCUT2D eigenvalue weighted by Gasteiger charge is -2.06. The minimum absolute atomic E-state index is 0.190. The molecule has 0 fully saturated rings. The van der Waals surface area contributed by atoms with Gasteiger partial charge in [-0.05, 0) is 6.92 Å². The third-order valence-corrected chi connectivity index (χ3v) is 1.68. The van der Waals surface area contributed by atoms with Gasteiger partial charge in [0.1, 0.15) is 0 Å². The number of rotatable bonds is 2. The molecule has 0 aromatic carbocycles. The van der Waals surface area contributed by atoms with E-state index in [0.29, 0.717) is 6.61 Å². The van der Waals surface area contributed by atoms with Crippen molar-refractivity contribution in [2.75, 3.05) is 6.61 Å². The molecule has 0 radical (unpaired) electrons. The van der Waals surface area contributed by atoms with Crippen LogP contribution in [0.2, 0.25) is 0 Å². The Morgan fingerprint density at radius 2 is 2.45 bits per heavy atom. The quantitative estimate of drug-likeness (QED) is 0.563. The van der Waals surface area contributed by atoms with Crippen LogP contribution in [0.3, 0.4) is 0 Å². The van der Waals surface area contributed by atoms with Gasteiger partial charge >= 0.3 is 5.97 Å². The molecule has 0 N–H and O–H groups in total. The van der Waals surface area contributed by atoms with Gasteiger partial charge in [-0.3, -0.25) is 0 Å². The summed E-state index contributed by atoms with van der Waals surface area (Å²) < 4.78 is 4.85. The lowest BCUT2D eigenvalue weighted by molar-refractivity contribution is -0.138. The molecule has 1 aliphatic carbocycles. The third-order valence-electron chi connectivity index (χ3n) is 1.68. The zero-order valence-electron chi connectivity index (χ0n) is 6.83. The van der Waals surface area contributed by atoms with Crippen LogP contribution in [0.25, 0.3) is 0 Å². The van der Waals surface area contributed by atoms with Gasteiger partial charge in [0.2, 0.25) is 0 Å². The van der Waals surface area contributed by atoms with Crippen molar-refractivity contribution < 1.29 is 9.53 Å². The van der Waals surface area contributed by atoms with E-state index in [-0.39, 0.29) is 11.9 Å². The monoisotopic (exact) mass is 152 g/mol. The summed E-state index contributed by atoms with van der Waals surface area (Å²) in [6, 6.07) is 0. The molecule has 2 nitrogen and oxygen atoms in total. The van der Waals surface area contributed by atoms with E-state index in [1.165, 1.54) is 0 Å². The Bertz CT molecular complexity index is 214. The van der Waals surface area contributed by atoms with Crippen molar-refractivity contribution in [3.63, 3.8) is 0 Å². The number of allylic oxidation sites excluding steroid dienone is 3. The summed E-state index contributed by atoms with van der Waals surface area (Å²) in [7, 11) is 0. The Kier molecular flexibility index (Phi) is 2.47. The van der Waals surface area contributed by atoms with Crippen molar-refractivity contribution in [3.8, 4) is 0 Å². The molecule has 0 aromatic heterocycles. The number of esters is 1. The summed E-state index contributed by atoms with van der Waals surface area (Å²) in [6.45, 7) is 4.24. The molecule has 0 spiro atoms. The fourth-order valence-electron chi connectivity index (χ4n) is 1.05. The molecule has 0 saturated carbocycles. The zero-order valence-corrected chi connectivity index (χ0v) is 6.83. The van der Waals surface area contributed by atoms with Crippen molar-refractivity contribution in [2.45, 2.75) is 13.8 Å². The SMILES string of the molecule is CCOC(=O)C1=CC=C[C@@H]1C. The van der Waals surface area contributed by atoms with Crippen molar-refractivity contribution in [1.82, 2.24) is 0 Å². The van der Waals surface area contributed by atoms with Crippen LogP contribution in [0.4, 0.5) is 0 Å². The maximum atomic E-state index is 11.1. The lowest BCUT2D eigenvalue weighted by atomic mass is 10.1. The molecule has 0 unspecified atom stereocenters. The summed E-state index contributed by atoms with van der Waals surface area (Å²) in [5.41, 5.74) is 0.756. The summed E-state index contributed by atoms with van der Waals surface area (Å²) in [6.07, 6.45) is 5.67. The van der Waals surface area contributed by atoms with Gasteiger partial charge in [-0.2, -0.15) is 0 Å². The summed E-state index contributed by atoms with van der Waals surface area (Å²) >= 11 is 0. The Labute approximate surface area is 66.5 Å². The lowest BCUT2D eigenvalue weighted by Crippen LogP contribution is -2.10. The van der Waals surface area contributed by atoms with Crippen LogP contribution in [0.1, 0.15) is 13.8 Å². The second-order valence-corrected chi connectivity index (χ2v) is 2.52. The highest BCUT2D eigenvalue weighted by atomic mass is 16.5. The van der Waals surface area contributed by atoms with Gasteiger partial charge in [0.15, 0.2) is 0 Å². The molecule has 0 bridgehead atoms. The summed E-state index contributed by atoms with van der Waals surface area (Å²) in [5.74, 6) is 0.0269. The van der Waals surface area contributed by atoms with E-state index in [9.17, 15) is 4.79 Å². The van der Waals surface area contributed by atoms with Gasteiger partial charge in [-0.25, -0.2) is 4.79 Å². The molecule has 60 valence electrons. The first kappa shape index (κ1) is 8.05. The van der Waals surface area contributed by atoms with Crippen LogP contribution >= 0.6 is 0 Å². The van der Waals surface area contributed by atoms with Crippen LogP contribution in [-0.4, -0.2) is 12.6 Å². The molecule has 1 rings (SSSR count). The predicted octanol–water partition coefficient (Wildman–Crippen LogP) is 1.68. The van der Waals surface area contributed by atoms with Gasteiger partial charge < -0.3 is 4.74 Å². The molecule has 11 heavy (non-hydrogen) atoms. The predicted molar refractivity (Wildman–Crippen MR) is 43.0 cm³/mol. The third kappa shape index (κ3) is 1.70. The second kappa shape index (κ2) is 3.37. The van der Waals surface area contributed by atoms with Crippen LogP contribution in [0.5, 0.6) is 0 Å². The molecule has 0 saturated heterocycles. The van der Waals surface area contributed by atoms with Gasteiger partial charge in [0, 0.05) is 11.5 Å². The molecule has 1 atom stereocenters. The van der Waals surface area contributed by atoms with E-state index < -0.39 is 0 Å². The van der Waals surface area contributed by atoms with E-state index in [4.69, 9.17) is 4.74 Å². The largest absolute Gasteiger partial charge is 0.463 e. The Balaban J connectivity index is 2.56. The van der Waals surface area contributed by atoms with E-state index in [2.05, 4.69) is 0 Å². The maximum absolute atomic E-state index is 11.1. The Morgan fingerprint density at radius 1 is 1.73 bits per heavy atom. The number of carbonyl (C=O) groups is 1. The van der Waals surface area contributed by atoms with Crippen LogP contribution < -0.4 is 0 Å². The highest BCUT2D eigenvalue weighted by molar-refractivity contribution is 5.90. The van der Waals surface area contributed by atoms with Gasteiger partial charge in [0.05, 0.1) is 6.61 Å². The summed E-state index contributed by atoms with van der Waals surface area (Å²) in [4.78, 5) is 11.1. The average molecular weight is 152 g/mol. The second-order valence-electron chi connectivity index (χ2n) is 2.52. The molecule has 0 amide bonds. The number of carbonyl (C=O) groups excluding carboxylic acids is 1. The first-order valence-electron chi connectivity index (χ1n) is 3.81. The van der Waals surface area contributed by atoms with Crippen molar-refractivity contribution in [1.29, 1.82) is 0 Å². The van der Waals surface area contributed by atoms with Crippen molar-refractivity contribution in [3.05, 3.63) is 23.8 Å². The number of ether oxygens (including phenoxy) is 1. The fourth-order valence-corrected chi connectivity index (χ4v) is 1.05. The highest BCUT2D eigenvalue weighted by Crippen LogP contribution is 2.19. The molecule has 0 heterocycles. The molecule has 2 heteroatoms. The molecular formula is C9H12O2. The molecule has 0 aliphatic heterocycles. The van der Waals surface area contributed by atoms with E-state index >= 15 is 0 Å². The van der Waals surface area contributed by atoms with Gasteiger partial charge in [-0.15, -0.1) is 0 Å². The van der Waals surface area contributed by atoms with E-state index in [0.717, 1.165) is 5.57 Å². The molecular weight excluding hydrogens is 140 g/mol. The Morgan fingerprint density at radius 3 is 2.91 bits per heavy atom. The van der Waals surface area contributed by atoms with Crippen molar-refractivity contribution >= 4 is 5.97 Å². The van der Waals surface area contributed by atoms with Crippen LogP contribution in [0, 0.1) is 5.92 Å². The van der Waals surface area contributed by atoms with Crippen molar-refractivity contribution in [2.24, 2.45) is 5.92 Å². The number of hydrogen-bond donors (Lipinski definition) is 0. The standard InChI is InChI=1S/C9H12O2/c1-3-11-9(10)8-6-4-5-7(8)2/h4-7H,3H2,1-2H3/t7-/m0/s1.